The molecule has 0 saturated heterocycles. The number of carbonyl (C=O) groups is 3. The number of unbranched alkanes of at least 4 members (excludes halogenated alkanes) is 12. The molecule has 1 aromatic carbocycles. The van der Waals surface area contributed by atoms with Crippen molar-refractivity contribution in [1.82, 2.24) is 0 Å². The molecule has 0 aromatic heterocycles. The molecule has 216 valence electrons. The van der Waals surface area contributed by atoms with Crippen LogP contribution in [0.4, 0.5) is 9.59 Å². The van der Waals surface area contributed by atoms with Crippen LogP contribution in [-0.2, 0) is 34.9 Å². The van der Waals surface area contributed by atoms with Gasteiger partial charge in [-0.1, -0.05) is 114 Å². The zero-order valence-corrected chi connectivity index (χ0v) is 23.7. The van der Waals surface area contributed by atoms with E-state index in [9.17, 15) is 14.4 Å². The second-order valence-corrected chi connectivity index (χ2v) is 9.38. The lowest BCUT2D eigenvalue weighted by Crippen LogP contribution is -2.46. The van der Waals surface area contributed by atoms with E-state index >= 15 is 0 Å². The number of benzene rings is 1. The summed E-state index contributed by atoms with van der Waals surface area (Å²) in [5.74, 6) is -2.98. The Labute approximate surface area is 228 Å². The van der Waals surface area contributed by atoms with Gasteiger partial charge in [0.2, 0.25) is 0 Å². The molecule has 0 saturated carbocycles. The van der Waals surface area contributed by atoms with Crippen molar-refractivity contribution in [3.8, 4) is 0 Å². The molecule has 8 nitrogen and oxygen atoms in total. The van der Waals surface area contributed by atoms with Crippen molar-refractivity contribution in [1.29, 1.82) is 0 Å². The van der Waals surface area contributed by atoms with E-state index in [-0.39, 0.29) is 26.1 Å². The molecule has 0 spiro atoms. The third-order valence-electron chi connectivity index (χ3n) is 6.02. The van der Waals surface area contributed by atoms with Gasteiger partial charge in [-0.05, 0) is 25.8 Å². The van der Waals surface area contributed by atoms with Gasteiger partial charge in [-0.3, -0.25) is 4.79 Å². The lowest BCUT2D eigenvalue weighted by atomic mass is 10.0. The average Bonchev–Trinajstić information content (AvgIpc) is 2.87. The number of esters is 1. The molecule has 0 aliphatic heterocycles. The van der Waals surface area contributed by atoms with Crippen LogP contribution in [0, 0.1) is 0 Å². The minimum absolute atomic E-state index is 0.0343. The Morgan fingerprint density at radius 2 is 1.05 bits per heavy atom. The summed E-state index contributed by atoms with van der Waals surface area (Å²) in [6, 6.07) is 8.81. The van der Waals surface area contributed by atoms with E-state index in [1.807, 2.05) is 6.07 Å². The predicted octanol–water partition coefficient (Wildman–Crippen LogP) is 8.25. The first-order valence-corrected chi connectivity index (χ1v) is 14.4. The van der Waals surface area contributed by atoms with E-state index in [2.05, 4.69) is 6.92 Å². The van der Waals surface area contributed by atoms with E-state index in [0.29, 0.717) is 12.0 Å². The van der Waals surface area contributed by atoms with E-state index in [0.717, 1.165) is 19.3 Å². The monoisotopic (exact) mass is 536 g/mol. The summed E-state index contributed by atoms with van der Waals surface area (Å²) in [5, 5.41) is 0. The quantitative estimate of drug-likeness (QED) is 0.0670. The summed E-state index contributed by atoms with van der Waals surface area (Å²) in [5.41, 5.74) is 0.620. The van der Waals surface area contributed by atoms with Gasteiger partial charge in [0.1, 0.15) is 0 Å². The minimum Gasteiger partial charge on any atom is -0.434 e. The molecule has 8 heteroatoms. The van der Waals surface area contributed by atoms with E-state index in [1.54, 1.807) is 38.1 Å². The zero-order chi connectivity index (χ0) is 27.9. The molecule has 0 fully saturated rings. The van der Waals surface area contributed by atoms with E-state index in [4.69, 9.17) is 23.7 Å². The highest BCUT2D eigenvalue weighted by molar-refractivity contribution is 5.70. The Kier molecular flexibility index (Phi) is 18.5. The second-order valence-electron chi connectivity index (χ2n) is 9.38. The Bertz CT molecular complexity index is 745. The number of hydrogen-bond donors (Lipinski definition) is 0. The van der Waals surface area contributed by atoms with Gasteiger partial charge in [-0.15, -0.1) is 0 Å². The van der Waals surface area contributed by atoms with Crippen LogP contribution in [-0.4, -0.2) is 37.5 Å². The summed E-state index contributed by atoms with van der Waals surface area (Å²) in [7, 11) is 0. The molecule has 0 bridgehead atoms. The molecule has 0 atom stereocenters. The molecule has 0 aliphatic carbocycles. The van der Waals surface area contributed by atoms with Crippen LogP contribution in [0.2, 0.25) is 0 Å². The first kappa shape index (κ1) is 33.3. The van der Waals surface area contributed by atoms with E-state index < -0.39 is 24.3 Å². The number of ether oxygens (including phenoxy) is 5. The van der Waals surface area contributed by atoms with Gasteiger partial charge < -0.3 is 23.7 Å². The van der Waals surface area contributed by atoms with Crippen LogP contribution in [0.1, 0.15) is 116 Å². The third kappa shape index (κ3) is 16.2. The van der Waals surface area contributed by atoms with Gasteiger partial charge in [0, 0.05) is 6.42 Å². The zero-order valence-electron chi connectivity index (χ0n) is 23.7. The van der Waals surface area contributed by atoms with Crippen molar-refractivity contribution in [3.05, 3.63) is 35.9 Å². The SMILES string of the molecule is CCCCCCCCCCCCCCCC(=O)OC(Cc1ccccc1)(OC(=O)OCC)OC(=O)OCC. The lowest BCUT2D eigenvalue weighted by molar-refractivity contribution is -0.321. The predicted molar refractivity (Wildman–Crippen MR) is 145 cm³/mol. The topological polar surface area (TPSA) is 97.4 Å². The fraction of sp³-hybridized carbons (Fsp3) is 0.700. The smallest absolute Gasteiger partial charge is 0.434 e. The van der Waals surface area contributed by atoms with Gasteiger partial charge in [0.25, 0.3) is 0 Å². The minimum atomic E-state index is -2.34. The van der Waals surface area contributed by atoms with Crippen molar-refractivity contribution in [2.24, 2.45) is 0 Å². The molecule has 38 heavy (non-hydrogen) atoms. The standard InChI is InChI=1S/C30H48O8/c1-4-7-8-9-10-11-12-13-14-15-16-17-21-24-27(31)36-30(37-28(32)34-5-2,38-29(33)35-6-3)25-26-22-19-18-20-23-26/h18-20,22-23H,4-17,21,24-25H2,1-3H3. The number of carbonyl (C=O) groups excluding carboxylic acids is 3. The van der Waals surface area contributed by atoms with Gasteiger partial charge in [0.15, 0.2) is 0 Å². The van der Waals surface area contributed by atoms with Gasteiger partial charge >= 0.3 is 24.3 Å². The highest BCUT2D eigenvalue weighted by atomic mass is 16.9. The molecule has 1 rings (SSSR count). The van der Waals surface area contributed by atoms with Crippen LogP contribution in [0.25, 0.3) is 0 Å². The van der Waals surface area contributed by atoms with Crippen molar-refractivity contribution in [2.75, 3.05) is 13.2 Å². The van der Waals surface area contributed by atoms with Crippen molar-refractivity contribution in [3.63, 3.8) is 0 Å². The maximum Gasteiger partial charge on any atom is 0.514 e. The van der Waals surface area contributed by atoms with Crippen LogP contribution in [0.5, 0.6) is 0 Å². The maximum absolute atomic E-state index is 12.7. The van der Waals surface area contributed by atoms with Crippen molar-refractivity contribution < 1.29 is 38.1 Å². The molecule has 0 aliphatic rings. The Morgan fingerprint density at radius 3 is 1.50 bits per heavy atom. The third-order valence-corrected chi connectivity index (χ3v) is 6.02. The number of rotatable bonds is 21. The molecular weight excluding hydrogens is 488 g/mol. The largest absolute Gasteiger partial charge is 0.514 e. The highest BCUT2D eigenvalue weighted by Gasteiger charge is 2.45. The second kappa shape index (κ2) is 21.2. The normalized spacial score (nSPS) is 11.0. The summed E-state index contributed by atoms with van der Waals surface area (Å²) in [4.78, 5) is 37.1. The summed E-state index contributed by atoms with van der Waals surface area (Å²) in [6.07, 6.45) is 13.1. The Morgan fingerprint density at radius 1 is 0.605 bits per heavy atom. The average molecular weight is 537 g/mol. The van der Waals surface area contributed by atoms with Crippen LogP contribution < -0.4 is 0 Å². The molecule has 0 amide bonds. The molecule has 0 unspecified atom stereocenters. The van der Waals surface area contributed by atoms with Gasteiger partial charge in [0.05, 0.1) is 19.6 Å². The fourth-order valence-corrected chi connectivity index (χ4v) is 4.08. The molecule has 0 N–H and O–H groups in total. The first-order chi connectivity index (χ1) is 18.4. The molecule has 0 radical (unpaired) electrons. The Hall–Kier alpha value is -2.77. The summed E-state index contributed by atoms with van der Waals surface area (Å²) in [6.45, 7) is 5.52. The van der Waals surface area contributed by atoms with Gasteiger partial charge in [-0.2, -0.15) is 0 Å². The van der Waals surface area contributed by atoms with Gasteiger partial charge in [-0.25, -0.2) is 9.59 Å². The van der Waals surface area contributed by atoms with Crippen LogP contribution >= 0.6 is 0 Å². The summed E-state index contributed by atoms with van der Waals surface area (Å²) >= 11 is 0. The molecule has 1 aromatic rings. The molecular formula is C30H48O8. The van der Waals surface area contributed by atoms with Crippen molar-refractivity contribution in [2.45, 2.75) is 123 Å². The van der Waals surface area contributed by atoms with Crippen molar-refractivity contribution >= 4 is 18.3 Å². The maximum atomic E-state index is 12.7. The highest BCUT2D eigenvalue weighted by Crippen LogP contribution is 2.25. The lowest BCUT2D eigenvalue weighted by Gasteiger charge is -2.30. The first-order valence-electron chi connectivity index (χ1n) is 14.4. The fourth-order valence-electron chi connectivity index (χ4n) is 4.08. The van der Waals surface area contributed by atoms with E-state index in [1.165, 1.54) is 57.8 Å². The van der Waals surface area contributed by atoms with Crippen LogP contribution in [0.3, 0.4) is 0 Å². The van der Waals surface area contributed by atoms with Crippen LogP contribution in [0.15, 0.2) is 30.3 Å². The number of hydrogen-bond acceptors (Lipinski definition) is 8. The summed E-state index contributed by atoms with van der Waals surface area (Å²) < 4.78 is 25.7. The molecule has 0 heterocycles. The Balaban J connectivity index is 2.55.